The first-order chi connectivity index (χ1) is 6.65. The van der Waals surface area contributed by atoms with Gasteiger partial charge in [-0.2, -0.15) is 0 Å². The highest BCUT2D eigenvalue weighted by atomic mass is 35.5. The molecule has 0 radical (unpaired) electrons. The van der Waals surface area contributed by atoms with Crippen molar-refractivity contribution < 1.29 is 4.39 Å². The molecule has 0 saturated heterocycles. The van der Waals surface area contributed by atoms with Crippen LogP contribution >= 0.6 is 11.6 Å². The first-order valence-corrected chi connectivity index (χ1v) is 5.23. The number of hydrogen-bond acceptors (Lipinski definition) is 1. The molecule has 78 valence electrons. The van der Waals surface area contributed by atoms with Crippen LogP contribution in [0, 0.1) is 5.82 Å². The van der Waals surface area contributed by atoms with Crippen LogP contribution < -0.4 is 5.73 Å². The molecule has 0 unspecified atom stereocenters. The Bertz CT molecular complexity index is 301. The van der Waals surface area contributed by atoms with Gasteiger partial charge < -0.3 is 5.73 Å². The number of nitrogens with two attached hydrogens (primary N) is 1. The standard InChI is InChI=1S/C11H15ClFN/c1-2-3-4-11(14)9-7-8(13)5-6-10(9)12/h5-7,11H,2-4,14H2,1H3/t11-/m1/s1. The van der Waals surface area contributed by atoms with Gasteiger partial charge in [0.2, 0.25) is 0 Å². The molecular weight excluding hydrogens is 201 g/mol. The Labute approximate surface area is 89.1 Å². The van der Waals surface area contributed by atoms with Gasteiger partial charge in [0.25, 0.3) is 0 Å². The number of unbranched alkanes of at least 4 members (excludes halogenated alkanes) is 1. The van der Waals surface area contributed by atoms with Gasteiger partial charge in [-0.15, -0.1) is 0 Å². The number of halogens is 2. The molecular formula is C11H15ClFN. The maximum absolute atomic E-state index is 12.9. The quantitative estimate of drug-likeness (QED) is 0.815. The number of rotatable bonds is 4. The molecule has 0 bridgehead atoms. The molecule has 1 atom stereocenters. The Morgan fingerprint density at radius 2 is 2.21 bits per heavy atom. The van der Waals surface area contributed by atoms with Gasteiger partial charge in [-0.05, 0) is 30.2 Å². The van der Waals surface area contributed by atoms with Crippen molar-refractivity contribution in [2.45, 2.75) is 32.2 Å². The fourth-order valence-electron chi connectivity index (χ4n) is 1.38. The van der Waals surface area contributed by atoms with Crippen LogP contribution in [0.5, 0.6) is 0 Å². The van der Waals surface area contributed by atoms with E-state index in [1.165, 1.54) is 12.1 Å². The molecule has 0 heterocycles. The lowest BCUT2D eigenvalue weighted by Gasteiger charge is -2.12. The molecule has 0 amide bonds. The molecule has 1 nitrogen and oxygen atoms in total. The lowest BCUT2D eigenvalue weighted by Crippen LogP contribution is -2.10. The van der Waals surface area contributed by atoms with Crippen LogP contribution in [0.2, 0.25) is 5.02 Å². The molecule has 3 heteroatoms. The fourth-order valence-corrected chi connectivity index (χ4v) is 1.64. The lowest BCUT2D eigenvalue weighted by atomic mass is 10.0. The highest BCUT2D eigenvalue weighted by Gasteiger charge is 2.10. The van der Waals surface area contributed by atoms with Crippen molar-refractivity contribution in [2.24, 2.45) is 5.73 Å². The zero-order valence-corrected chi connectivity index (χ0v) is 9.02. The Balaban J connectivity index is 2.77. The maximum atomic E-state index is 12.9. The van der Waals surface area contributed by atoms with Crippen molar-refractivity contribution >= 4 is 11.6 Å². The van der Waals surface area contributed by atoms with Crippen molar-refractivity contribution in [2.75, 3.05) is 0 Å². The van der Waals surface area contributed by atoms with Gasteiger partial charge in [0.05, 0.1) is 0 Å². The predicted molar refractivity (Wildman–Crippen MR) is 57.9 cm³/mol. The molecule has 14 heavy (non-hydrogen) atoms. The van der Waals surface area contributed by atoms with Gasteiger partial charge in [0, 0.05) is 11.1 Å². The van der Waals surface area contributed by atoms with E-state index in [-0.39, 0.29) is 11.9 Å². The van der Waals surface area contributed by atoms with E-state index in [9.17, 15) is 4.39 Å². The lowest BCUT2D eigenvalue weighted by molar-refractivity contribution is 0.588. The maximum Gasteiger partial charge on any atom is 0.123 e. The van der Waals surface area contributed by atoms with Gasteiger partial charge >= 0.3 is 0 Å². The number of benzene rings is 1. The largest absolute Gasteiger partial charge is 0.324 e. The van der Waals surface area contributed by atoms with Gasteiger partial charge in [0.15, 0.2) is 0 Å². The van der Waals surface area contributed by atoms with Crippen LogP contribution in [0.25, 0.3) is 0 Å². The molecule has 1 rings (SSSR count). The van der Waals surface area contributed by atoms with Crippen LogP contribution in [0.3, 0.4) is 0 Å². The summed E-state index contributed by atoms with van der Waals surface area (Å²) < 4.78 is 12.9. The molecule has 1 aromatic rings. The zero-order chi connectivity index (χ0) is 10.6. The third kappa shape index (κ3) is 2.96. The van der Waals surface area contributed by atoms with E-state index in [4.69, 9.17) is 17.3 Å². The van der Waals surface area contributed by atoms with Gasteiger partial charge in [-0.1, -0.05) is 31.4 Å². The van der Waals surface area contributed by atoms with Crippen molar-refractivity contribution in [1.82, 2.24) is 0 Å². The van der Waals surface area contributed by atoms with Crippen molar-refractivity contribution in [3.05, 3.63) is 34.6 Å². The summed E-state index contributed by atoms with van der Waals surface area (Å²) in [4.78, 5) is 0. The summed E-state index contributed by atoms with van der Waals surface area (Å²) >= 11 is 5.92. The van der Waals surface area contributed by atoms with Crippen molar-refractivity contribution in [3.63, 3.8) is 0 Å². The third-order valence-electron chi connectivity index (χ3n) is 2.23. The molecule has 0 aliphatic heterocycles. The van der Waals surface area contributed by atoms with Gasteiger partial charge in [0.1, 0.15) is 5.82 Å². The Morgan fingerprint density at radius 1 is 1.50 bits per heavy atom. The summed E-state index contributed by atoms with van der Waals surface area (Å²) in [6, 6.07) is 4.16. The zero-order valence-electron chi connectivity index (χ0n) is 8.26. The third-order valence-corrected chi connectivity index (χ3v) is 2.57. The van der Waals surface area contributed by atoms with E-state index >= 15 is 0 Å². The Kier molecular flexibility index (Phi) is 4.36. The van der Waals surface area contributed by atoms with E-state index < -0.39 is 0 Å². The van der Waals surface area contributed by atoms with Crippen LogP contribution in [-0.2, 0) is 0 Å². The van der Waals surface area contributed by atoms with E-state index in [0.29, 0.717) is 10.6 Å². The SMILES string of the molecule is CCCC[C@@H](N)c1cc(F)ccc1Cl. The van der Waals surface area contributed by atoms with Gasteiger partial charge in [-0.3, -0.25) is 0 Å². The first-order valence-electron chi connectivity index (χ1n) is 4.85. The molecule has 2 N–H and O–H groups in total. The average molecular weight is 216 g/mol. The summed E-state index contributed by atoms with van der Waals surface area (Å²) in [5.41, 5.74) is 6.61. The van der Waals surface area contributed by atoms with E-state index in [1.807, 2.05) is 0 Å². The van der Waals surface area contributed by atoms with Gasteiger partial charge in [-0.25, -0.2) is 4.39 Å². The van der Waals surface area contributed by atoms with E-state index in [2.05, 4.69) is 6.92 Å². The van der Waals surface area contributed by atoms with Crippen molar-refractivity contribution in [1.29, 1.82) is 0 Å². The van der Waals surface area contributed by atoms with Crippen LogP contribution in [0.4, 0.5) is 4.39 Å². The van der Waals surface area contributed by atoms with Crippen LogP contribution in [0.1, 0.15) is 37.8 Å². The minimum absolute atomic E-state index is 0.154. The highest BCUT2D eigenvalue weighted by Crippen LogP contribution is 2.25. The molecule has 0 fully saturated rings. The Morgan fingerprint density at radius 3 is 2.86 bits per heavy atom. The minimum atomic E-state index is -0.281. The summed E-state index contributed by atoms with van der Waals surface area (Å²) in [5.74, 6) is -0.281. The van der Waals surface area contributed by atoms with Crippen LogP contribution in [-0.4, -0.2) is 0 Å². The average Bonchev–Trinajstić information content (AvgIpc) is 2.18. The first kappa shape index (κ1) is 11.5. The second-order valence-corrected chi connectivity index (χ2v) is 3.82. The molecule has 0 spiro atoms. The summed E-state index contributed by atoms with van der Waals surface area (Å²) in [5, 5.41) is 0.551. The second kappa shape index (κ2) is 5.32. The fraction of sp³-hybridized carbons (Fsp3) is 0.455. The van der Waals surface area contributed by atoms with Crippen LogP contribution in [0.15, 0.2) is 18.2 Å². The smallest absolute Gasteiger partial charge is 0.123 e. The number of hydrogen-bond donors (Lipinski definition) is 1. The molecule has 0 aliphatic carbocycles. The Hall–Kier alpha value is -0.600. The molecule has 0 aliphatic rings. The summed E-state index contributed by atoms with van der Waals surface area (Å²) in [6.45, 7) is 2.10. The topological polar surface area (TPSA) is 26.0 Å². The predicted octanol–water partition coefficient (Wildman–Crippen LogP) is 3.67. The molecule has 0 saturated carbocycles. The minimum Gasteiger partial charge on any atom is -0.324 e. The monoisotopic (exact) mass is 215 g/mol. The normalized spacial score (nSPS) is 12.9. The van der Waals surface area contributed by atoms with Crippen molar-refractivity contribution in [3.8, 4) is 0 Å². The molecule has 0 aromatic heterocycles. The summed E-state index contributed by atoms with van der Waals surface area (Å²) in [7, 11) is 0. The highest BCUT2D eigenvalue weighted by molar-refractivity contribution is 6.31. The molecule has 1 aromatic carbocycles. The van der Waals surface area contributed by atoms with E-state index in [0.717, 1.165) is 19.3 Å². The van der Waals surface area contributed by atoms with E-state index in [1.54, 1.807) is 6.07 Å². The summed E-state index contributed by atoms with van der Waals surface area (Å²) in [6.07, 6.45) is 2.97. The second-order valence-electron chi connectivity index (χ2n) is 3.41.